The molecule has 0 aromatic heterocycles. The fourth-order valence-electron chi connectivity index (χ4n) is 3.21. The molecule has 1 aliphatic heterocycles. The number of carbonyl (C=O) groups is 1. The maximum atomic E-state index is 12.3. The van der Waals surface area contributed by atoms with Gasteiger partial charge in [-0.3, -0.25) is 4.79 Å². The van der Waals surface area contributed by atoms with Crippen LogP contribution in [0.1, 0.15) is 45.4 Å². The summed E-state index contributed by atoms with van der Waals surface area (Å²) in [5, 5.41) is 8.93. The van der Waals surface area contributed by atoms with E-state index in [2.05, 4.69) is 4.72 Å². The van der Waals surface area contributed by atoms with Crippen LogP contribution in [0.3, 0.4) is 0 Å². The van der Waals surface area contributed by atoms with Gasteiger partial charge in [-0.25, -0.2) is 0 Å². The van der Waals surface area contributed by atoms with E-state index < -0.39 is 22.1 Å². The number of aliphatic carboxylic acids is 1. The molecule has 2 N–H and O–H groups in total. The Kier molecular flexibility index (Phi) is 5.04. The van der Waals surface area contributed by atoms with Crippen molar-refractivity contribution in [2.75, 3.05) is 13.1 Å². The average Bonchev–Trinajstić information content (AvgIpc) is 2.92. The number of rotatable bonds is 5. The number of carboxylic acid groups (broad SMARTS) is 1. The second kappa shape index (κ2) is 6.41. The Hall–Kier alpha value is -0.660. The summed E-state index contributed by atoms with van der Waals surface area (Å²) in [6.07, 6.45) is 5.33. The highest BCUT2D eigenvalue weighted by atomic mass is 32.2. The van der Waals surface area contributed by atoms with Gasteiger partial charge in [-0.1, -0.05) is 12.8 Å². The lowest BCUT2D eigenvalue weighted by atomic mass is 9.99. The van der Waals surface area contributed by atoms with Crippen molar-refractivity contribution in [1.29, 1.82) is 0 Å². The topological polar surface area (TPSA) is 86.7 Å². The molecule has 0 bridgehead atoms. The zero-order valence-electron chi connectivity index (χ0n) is 11.9. The number of nitrogens with zero attached hydrogens (tertiary/aromatic N) is 1. The monoisotopic (exact) mass is 304 g/mol. The van der Waals surface area contributed by atoms with Crippen molar-refractivity contribution in [1.82, 2.24) is 9.03 Å². The lowest BCUT2D eigenvalue weighted by Gasteiger charge is -2.31. The third-order valence-corrected chi connectivity index (χ3v) is 6.30. The van der Waals surface area contributed by atoms with Crippen LogP contribution in [-0.4, -0.2) is 42.9 Å². The molecule has 1 saturated heterocycles. The van der Waals surface area contributed by atoms with E-state index in [4.69, 9.17) is 5.11 Å². The molecule has 0 aromatic rings. The molecule has 1 heterocycles. The first kappa shape index (κ1) is 15.7. The van der Waals surface area contributed by atoms with Gasteiger partial charge >= 0.3 is 5.97 Å². The first-order valence-electron chi connectivity index (χ1n) is 7.40. The molecule has 1 aliphatic carbocycles. The van der Waals surface area contributed by atoms with Crippen LogP contribution in [0.15, 0.2) is 0 Å². The summed E-state index contributed by atoms with van der Waals surface area (Å²) in [4.78, 5) is 10.9. The number of hydrogen-bond donors (Lipinski definition) is 2. The molecule has 1 atom stereocenters. The van der Waals surface area contributed by atoms with Crippen molar-refractivity contribution in [3.05, 3.63) is 0 Å². The van der Waals surface area contributed by atoms with Gasteiger partial charge in [0.1, 0.15) is 0 Å². The predicted molar refractivity (Wildman–Crippen MR) is 75.4 cm³/mol. The van der Waals surface area contributed by atoms with Crippen molar-refractivity contribution in [3.8, 4) is 0 Å². The number of piperidine rings is 1. The Morgan fingerprint density at radius 1 is 1.20 bits per heavy atom. The first-order valence-corrected chi connectivity index (χ1v) is 8.84. The van der Waals surface area contributed by atoms with Crippen LogP contribution in [0.5, 0.6) is 0 Å². The van der Waals surface area contributed by atoms with Crippen molar-refractivity contribution < 1.29 is 18.3 Å². The molecule has 0 aromatic carbocycles. The molecule has 0 unspecified atom stereocenters. The van der Waals surface area contributed by atoms with Crippen molar-refractivity contribution in [3.63, 3.8) is 0 Å². The van der Waals surface area contributed by atoms with Crippen molar-refractivity contribution in [2.45, 2.75) is 51.5 Å². The van der Waals surface area contributed by atoms with E-state index in [1.165, 1.54) is 17.1 Å². The maximum Gasteiger partial charge on any atom is 0.306 e. The van der Waals surface area contributed by atoms with E-state index in [0.29, 0.717) is 31.8 Å². The highest BCUT2D eigenvalue weighted by molar-refractivity contribution is 7.87. The Balaban J connectivity index is 1.89. The predicted octanol–water partition coefficient (Wildman–Crippen LogP) is 1.20. The van der Waals surface area contributed by atoms with E-state index in [0.717, 1.165) is 12.8 Å². The second-order valence-electron chi connectivity index (χ2n) is 5.97. The standard InChI is InChI=1S/C13H24N2O4S/c1-10(11-4-2-3-5-11)14-20(18,19)15-8-6-12(7-9-15)13(16)17/h10-12,14H,2-9H2,1H3,(H,16,17)/t10-/m1/s1. The molecule has 2 fully saturated rings. The van der Waals surface area contributed by atoms with Gasteiger partial charge < -0.3 is 5.11 Å². The molecule has 116 valence electrons. The van der Waals surface area contributed by atoms with E-state index >= 15 is 0 Å². The Morgan fingerprint density at radius 2 is 1.75 bits per heavy atom. The summed E-state index contributed by atoms with van der Waals surface area (Å²) < 4.78 is 28.7. The molecule has 6 nitrogen and oxygen atoms in total. The SMILES string of the molecule is C[C@@H](NS(=O)(=O)N1CCC(C(=O)O)CC1)C1CCCC1. The molecule has 1 saturated carbocycles. The average molecular weight is 304 g/mol. The van der Waals surface area contributed by atoms with Crippen molar-refractivity contribution >= 4 is 16.2 Å². The maximum absolute atomic E-state index is 12.3. The van der Waals surface area contributed by atoms with Gasteiger partial charge in [-0.15, -0.1) is 0 Å². The third kappa shape index (κ3) is 3.71. The molecular formula is C13H24N2O4S. The van der Waals surface area contributed by atoms with E-state index in [-0.39, 0.29) is 6.04 Å². The highest BCUT2D eigenvalue weighted by Gasteiger charge is 2.33. The minimum Gasteiger partial charge on any atom is -0.481 e. The van der Waals surface area contributed by atoms with Crippen LogP contribution in [-0.2, 0) is 15.0 Å². The van der Waals surface area contributed by atoms with Crippen LogP contribution in [0.2, 0.25) is 0 Å². The lowest BCUT2D eigenvalue weighted by molar-refractivity contribution is -0.142. The molecule has 2 rings (SSSR count). The number of carboxylic acids is 1. The second-order valence-corrected chi connectivity index (χ2v) is 7.67. The quantitative estimate of drug-likeness (QED) is 0.799. The summed E-state index contributed by atoms with van der Waals surface area (Å²) in [6, 6.07) is -0.0419. The van der Waals surface area contributed by atoms with Gasteiger partial charge in [0.05, 0.1) is 5.92 Å². The molecule has 7 heteroatoms. The molecule has 0 amide bonds. The van der Waals surface area contributed by atoms with Gasteiger partial charge in [0.15, 0.2) is 0 Å². The zero-order valence-corrected chi connectivity index (χ0v) is 12.7. The smallest absolute Gasteiger partial charge is 0.306 e. The van der Waals surface area contributed by atoms with Crippen molar-refractivity contribution in [2.24, 2.45) is 11.8 Å². The normalized spacial score (nSPS) is 24.9. The van der Waals surface area contributed by atoms with Crippen LogP contribution in [0.25, 0.3) is 0 Å². The van der Waals surface area contributed by atoms with Crippen LogP contribution in [0, 0.1) is 11.8 Å². The van der Waals surface area contributed by atoms with Gasteiger partial charge in [0.25, 0.3) is 10.2 Å². The minimum absolute atomic E-state index is 0.0419. The Labute approximate surface area is 120 Å². The fourth-order valence-corrected chi connectivity index (χ4v) is 4.71. The van der Waals surface area contributed by atoms with Crippen LogP contribution < -0.4 is 4.72 Å². The van der Waals surface area contributed by atoms with E-state index in [1.807, 2.05) is 6.92 Å². The largest absolute Gasteiger partial charge is 0.481 e. The molecule has 0 spiro atoms. The Morgan fingerprint density at radius 3 is 2.25 bits per heavy atom. The van der Waals surface area contributed by atoms with Crippen LogP contribution >= 0.6 is 0 Å². The first-order chi connectivity index (χ1) is 9.40. The summed E-state index contributed by atoms with van der Waals surface area (Å²) in [7, 11) is -3.48. The molecule has 2 aliphatic rings. The Bertz CT molecular complexity index is 437. The lowest BCUT2D eigenvalue weighted by Crippen LogP contribution is -2.49. The van der Waals surface area contributed by atoms with E-state index in [1.54, 1.807) is 0 Å². The summed E-state index contributed by atoms with van der Waals surface area (Å²) in [5.41, 5.74) is 0. The van der Waals surface area contributed by atoms with Gasteiger partial charge in [-0.2, -0.15) is 17.4 Å². The number of hydrogen-bond acceptors (Lipinski definition) is 3. The third-order valence-electron chi connectivity index (χ3n) is 4.58. The van der Waals surface area contributed by atoms with Crippen LogP contribution in [0.4, 0.5) is 0 Å². The minimum atomic E-state index is -3.48. The molecule has 0 radical (unpaired) electrons. The summed E-state index contributed by atoms with van der Waals surface area (Å²) in [6.45, 7) is 2.52. The van der Waals surface area contributed by atoms with Gasteiger partial charge in [0.2, 0.25) is 0 Å². The van der Waals surface area contributed by atoms with Gasteiger partial charge in [0, 0.05) is 19.1 Å². The molecule has 20 heavy (non-hydrogen) atoms. The summed E-state index contributed by atoms with van der Waals surface area (Å²) in [5.74, 6) is -0.802. The number of nitrogens with one attached hydrogen (secondary N) is 1. The zero-order chi connectivity index (χ0) is 14.8. The fraction of sp³-hybridized carbons (Fsp3) is 0.923. The van der Waals surface area contributed by atoms with Gasteiger partial charge in [-0.05, 0) is 38.5 Å². The highest BCUT2D eigenvalue weighted by Crippen LogP contribution is 2.28. The molecular weight excluding hydrogens is 280 g/mol. The summed E-state index contributed by atoms with van der Waals surface area (Å²) >= 11 is 0. The van der Waals surface area contributed by atoms with E-state index in [9.17, 15) is 13.2 Å².